The summed E-state index contributed by atoms with van der Waals surface area (Å²) in [6.07, 6.45) is 1.48. The van der Waals surface area contributed by atoms with Gasteiger partial charge in [-0.05, 0) is 43.7 Å². The summed E-state index contributed by atoms with van der Waals surface area (Å²) in [6.45, 7) is 3.58. The highest BCUT2D eigenvalue weighted by atomic mass is 32.1. The molecule has 1 aliphatic heterocycles. The first-order chi connectivity index (χ1) is 16.3. The Morgan fingerprint density at radius 1 is 1.24 bits per heavy atom. The summed E-state index contributed by atoms with van der Waals surface area (Å²) >= 11 is 1.11. The van der Waals surface area contributed by atoms with Gasteiger partial charge in [-0.25, -0.2) is 9.79 Å². The molecule has 0 aliphatic carbocycles. The predicted octanol–water partition coefficient (Wildman–Crippen LogP) is 2.72. The summed E-state index contributed by atoms with van der Waals surface area (Å²) in [5, 5.41) is 11.4. The summed E-state index contributed by atoms with van der Waals surface area (Å²) < 4.78 is 12.2. The fourth-order valence-electron chi connectivity index (χ4n) is 3.81. The molecule has 34 heavy (non-hydrogen) atoms. The molecule has 0 fully saturated rings. The number of allylic oxidation sites excluding steroid dienone is 1. The summed E-state index contributed by atoms with van der Waals surface area (Å²) in [5.41, 5.74) is 1.17. The Labute approximate surface area is 198 Å². The zero-order valence-electron chi connectivity index (χ0n) is 18.7. The average Bonchev–Trinajstić information content (AvgIpc) is 3.13. The van der Waals surface area contributed by atoms with E-state index in [1.54, 1.807) is 63.4 Å². The minimum atomic E-state index is -0.769. The molecule has 0 spiro atoms. The number of nitrogens with zero attached hydrogens (tertiary/aromatic N) is 3. The third kappa shape index (κ3) is 4.15. The van der Waals surface area contributed by atoms with Gasteiger partial charge in [-0.15, -0.1) is 0 Å². The van der Waals surface area contributed by atoms with Gasteiger partial charge in [0.2, 0.25) is 0 Å². The zero-order chi connectivity index (χ0) is 24.4. The Morgan fingerprint density at radius 3 is 2.59 bits per heavy atom. The van der Waals surface area contributed by atoms with Crippen LogP contribution in [0.3, 0.4) is 0 Å². The van der Waals surface area contributed by atoms with Crippen molar-refractivity contribution in [1.82, 2.24) is 4.57 Å². The third-order valence-electron chi connectivity index (χ3n) is 5.37. The van der Waals surface area contributed by atoms with Crippen LogP contribution in [0.15, 0.2) is 69.6 Å². The molecule has 4 rings (SSSR count). The van der Waals surface area contributed by atoms with Crippen molar-refractivity contribution in [2.75, 3.05) is 13.7 Å². The molecule has 10 heteroatoms. The molecule has 0 saturated carbocycles. The monoisotopic (exact) mass is 479 g/mol. The standard InChI is InChI=1S/C24H21N3O6S/c1-4-33-23(29)20-14(2)25-24-26(21(20)15-9-11-17(32-3)12-10-15)22(28)19(34-24)13-16-7-5-6-8-18(16)27(30)31/h5-13,21H,4H2,1-3H3/b19-13-. The number of thiazole rings is 1. The maximum Gasteiger partial charge on any atom is 0.338 e. The maximum absolute atomic E-state index is 13.6. The van der Waals surface area contributed by atoms with Gasteiger partial charge in [0, 0.05) is 6.07 Å². The zero-order valence-corrected chi connectivity index (χ0v) is 19.5. The highest BCUT2D eigenvalue weighted by molar-refractivity contribution is 7.07. The van der Waals surface area contributed by atoms with Crippen LogP contribution in [0.5, 0.6) is 5.75 Å². The van der Waals surface area contributed by atoms with Crippen LogP contribution in [0.1, 0.15) is 31.0 Å². The molecule has 174 valence electrons. The maximum atomic E-state index is 13.6. The molecule has 2 aromatic carbocycles. The van der Waals surface area contributed by atoms with Crippen molar-refractivity contribution in [2.24, 2.45) is 4.99 Å². The van der Waals surface area contributed by atoms with Crippen LogP contribution < -0.4 is 19.6 Å². The summed E-state index contributed by atoms with van der Waals surface area (Å²) in [6, 6.07) is 12.5. The SMILES string of the molecule is CCOC(=O)C1=C(C)N=c2s/c(=C\c3ccccc3[N+](=O)[O-])c(=O)n2C1c1ccc(OC)cc1. The number of hydrogen-bond acceptors (Lipinski definition) is 8. The molecule has 0 saturated heterocycles. The van der Waals surface area contributed by atoms with Gasteiger partial charge in [0.15, 0.2) is 4.80 Å². The van der Waals surface area contributed by atoms with Crippen molar-refractivity contribution in [3.05, 3.63) is 101 Å². The first kappa shape index (κ1) is 23.1. The molecule has 0 radical (unpaired) electrons. The molecule has 1 aliphatic rings. The number of carbonyl (C=O) groups excluding carboxylic acids is 1. The Morgan fingerprint density at radius 2 is 1.94 bits per heavy atom. The lowest BCUT2D eigenvalue weighted by atomic mass is 9.96. The number of nitro groups is 1. The molecule has 2 heterocycles. The highest BCUT2D eigenvalue weighted by Gasteiger charge is 2.33. The van der Waals surface area contributed by atoms with Gasteiger partial charge >= 0.3 is 5.97 Å². The van der Waals surface area contributed by atoms with Crippen LogP contribution in [0, 0.1) is 10.1 Å². The molecule has 1 atom stereocenters. The van der Waals surface area contributed by atoms with Crippen LogP contribution in [-0.2, 0) is 9.53 Å². The van der Waals surface area contributed by atoms with Crippen molar-refractivity contribution >= 4 is 29.1 Å². The van der Waals surface area contributed by atoms with Crippen molar-refractivity contribution in [3.63, 3.8) is 0 Å². The van der Waals surface area contributed by atoms with Gasteiger partial charge in [-0.3, -0.25) is 19.5 Å². The summed E-state index contributed by atoms with van der Waals surface area (Å²) in [4.78, 5) is 42.3. The molecule has 0 N–H and O–H groups in total. The fraction of sp³-hybridized carbons (Fsp3) is 0.208. The average molecular weight is 480 g/mol. The number of benzene rings is 2. The molecule has 0 amide bonds. The molecule has 9 nitrogen and oxygen atoms in total. The first-order valence-corrected chi connectivity index (χ1v) is 11.2. The van der Waals surface area contributed by atoms with Gasteiger partial charge in [0.1, 0.15) is 5.75 Å². The lowest BCUT2D eigenvalue weighted by molar-refractivity contribution is -0.385. The number of rotatable bonds is 6. The second-order valence-corrected chi connectivity index (χ2v) is 8.40. The van der Waals surface area contributed by atoms with E-state index in [4.69, 9.17) is 9.47 Å². The summed E-state index contributed by atoms with van der Waals surface area (Å²) in [7, 11) is 1.55. The van der Waals surface area contributed by atoms with Crippen molar-refractivity contribution in [2.45, 2.75) is 19.9 Å². The highest BCUT2D eigenvalue weighted by Crippen LogP contribution is 2.31. The lowest BCUT2D eigenvalue weighted by Crippen LogP contribution is -2.39. The van der Waals surface area contributed by atoms with E-state index in [9.17, 15) is 19.7 Å². The van der Waals surface area contributed by atoms with Gasteiger partial charge in [-0.2, -0.15) is 0 Å². The number of ether oxygens (including phenoxy) is 2. The molecule has 1 aromatic heterocycles. The molecular formula is C24H21N3O6S. The minimum absolute atomic E-state index is 0.108. The van der Waals surface area contributed by atoms with Gasteiger partial charge in [-0.1, -0.05) is 35.6 Å². The number of para-hydroxylation sites is 1. The van der Waals surface area contributed by atoms with Gasteiger partial charge in [0.25, 0.3) is 11.2 Å². The number of nitro benzene ring substituents is 1. The van der Waals surface area contributed by atoms with Crippen molar-refractivity contribution < 1.29 is 19.2 Å². The van der Waals surface area contributed by atoms with Crippen LogP contribution >= 0.6 is 11.3 Å². The fourth-order valence-corrected chi connectivity index (χ4v) is 4.85. The van der Waals surface area contributed by atoms with E-state index in [1.807, 2.05) is 0 Å². The number of methoxy groups -OCH3 is 1. The van der Waals surface area contributed by atoms with E-state index < -0.39 is 22.5 Å². The van der Waals surface area contributed by atoms with E-state index in [0.29, 0.717) is 27.4 Å². The van der Waals surface area contributed by atoms with Gasteiger partial charge < -0.3 is 9.47 Å². The van der Waals surface area contributed by atoms with E-state index >= 15 is 0 Å². The molecular weight excluding hydrogens is 458 g/mol. The number of esters is 1. The van der Waals surface area contributed by atoms with Crippen LogP contribution in [0.2, 0.25) is 0 Å². The van der Waals surface area contributed by atoms with E-state index in [2.05, 4.69) is 4.99 Å². The van der Waals surface area contributed by atoms with E-state index in [-0.39, 0.29) is 22.4 Å². The second-order valence-electron chi connectivity index (χ2n) is 7.39. The number of aromatic nitrogens is 1. The molecule has 1 unspecified atom stereocenters. The summed E-state index contributed by atoms with van der Waals surface area (Å²) in [5.74, 6) is 0.0727. The topological polar surface area (TPSA) is 113 Å². The minimum Gasteiger partial charge on any atom is -0.497 e. The lowest BCUT2D eigenvalue weighted by Gasteiger charge is -2.24. The van der Waals surface area contributed by atoms with E-state index in [1.165, 1.54) is 16.7 Å². The van der Waals surface area contributed by atoms with Crippen LogP contribution in [-0.4, -0.2) is 29.2 Å². The number of hydrogen-bond donors (Lipinski definition) is 0. The Balaban J connectivity index is 1.96. The quantitative estimate of drug-likeness (QED) is 0.305. The van der Waals surface area contributed by atoms with Gasteiger partial charge in [0.05, 0.1) is 46.0 Å². The van der Waals surface area contributed by atoms with Crippen LogP contribution in [0.25, 0.3) is 6.08 Å². The smallest absolute Gasteiger partial charge is 0.338 e. The van der Waals surface area contributed by atoms with Crippen molar-refractivity contribution in [1.29, 1.82) is 0 Å². The Kier molecular flexibility index (Phi) is 6.42. The normalized spacial score (nSPS) is 15.5. The predicted molar refractivity (Wildman–Crippen MR) is 126 cm³/mol. The Bertz CT molecular complexity index is 1480. The number of fused-ring (bicyclic) bond motifs is 1. The molecule has 3 aromatic rings. The largest absolute Gasteiger partial charge is 0.497 e. The number of carbonyl (C=O) groups is 1. The Hall–Kier alpha value is -4.05. The van der Waals surface area contributed by atoms with Crippen LogP contribution in [0.4, 0.5) is 5.69 Å². The third-order valence-corrected chi connectivity index (χ3v) is 6.35. The first-order valence-electron chi connectivity index (χ1n) is 10.4. The molecule has 0 bridgehead atoms. The second kappa shape index (κ2) is 9.44. The van der Waals surface area contributed by atoms with Crippen molar-refractivity contribution in [3.8, 4) is 5.75 Å². The van der Waals surface area contributed by atoms with E-state index in [0.717, 1.165) is 11.3 Å².